The van der Waals surface area contributed by atoms with Crippen molar-refractivity contribution in [2.75, 3.05) is 14.2 Å². The zero-order valence-electron chi connectivity index (χ0n) is 19.4. The highest BCUT2D eigenvalue weighted by Crippen LogP contribution is 2.26. The molecule has 1 heterocycles. The molecule has 9 heteroatoms. The maximum absolute atomic E-state index is 13.1. The Bertz CT molecular complexity index is 1160. The van der Waals surface area contributed by atoms with Crippen molar-refractivity contribution in [1.82, 2.24) is 4.57 Å². The van der Waals surface area contributed by atoms with Gasteiger partial charge < -0.3 is 23.5 Å². The Morgan fingerprint density at radius 3 is 2.00 bits per heavy atom. The third-order valence-corrected chi connectivity index (χ3v) is 5.26. The minimum Gasteiger partial charge on any atom is -0.497 e. The maximum Gasteiger partial charge on any atom is 0.387 e. The summed E-state index contributed by atoms with van der Waals surface area (Å²) in [7, 11) is 2.93. The van der Waals surface area contributed by atoms with Crippen molar-refractivity contribution in [2.24, 2.45) is 0 Å². The monoisotopic (exact) mass is 473 g/mol. The van der Waals surface area contributed by atoms with Crippen LogP contribution < -0.4 is 14.2 Å². The first-order chi connectivity index (χ1) is 16.1. The van der Waals surface area contributed by atoms with E-state index in [2.05, 4.69) is 4.74 Å². The van der Waals surface area contributed by atoms with Gasteiger partial charge in [0.2, 0.25) is 5.78 Å². The molecule has 1 atom stereocenters. The summed E-state index contributed by atoms with van der Waals surface area (Å²) in [5.74, 6) is -0.202. The predicted molar refractivity (Wildman–Crippen MR) is 121 cm³/mol. The maximum atomic E-state index is 13.1. The molecular weight excluding hydrogens is 448 g/mol. The molecule has 0 spiro atoms. The van der Waals surface area contributed by atoms with Crippen molar-refractivity contribution in [3.8, 4) is 22.9 Å². The van der Waals surface area contributed by atoms with Crippen LogP contribution in [0.3, 0.4) is 0 Å². The lowest BCUT2D eigenvalue weighted by Crippen LogP contribution is -2.25. The number of aryl methyl sites for hydroxylation is 1. The second-order valence-electron chi connectivity index (χ2n) is 7.51. The van der Waals surface area contributed by atoms with Gasteiger partial charge >= 0.3 is 12.6 Å². The first-order valence-corrected chi connectivity index (χ1v) is 10.4. The van der Waals surface area contributed by atoms with E-state index in [1.807, 2.05) is 6.92 Å². The molecule has 0 fully saturated rings. The first kappa shape index (κ1) is 24.8. The van der Waals surface area contributed by atoms with Crippen LogP contribution in [0.4, 0.5) is 8.78 Å². The van der Waals surface area contributed by atoms with E-state index < -0.39 is 18.7 Å². The Morgan fingerprint density at radius 2 is 1.47 bits per heavy atom. The molecule has 0 amide bonds. The highest BCUT2D eigenvalue weighted by Gasteiger charge is 2.25. The first-order valence-electron chi connectivity index (χ1n) is 10.4. The smallest absolute Gasteiger partial charge is 0.387 e. The number of alkyl halides is 2. The lowest BCUT2D eigenvalue weighted by molar-refractivity contribution is -0.0498. The van der Waals surface area contributed by atoms with Gasteiger partial charge in [-0.3, -0.25) is 4.79 Å². The van der Waals surface area contributed by atoms with Crippen LogP contribution in [0.15, 0.2) is 48.5 Å². The van der Waals surface area contributed by atoms with E-state index in [0.717, 1.165) is 5.69 Å². The molecule has 2 aromatic carbocycles. The van der Waals surface area contributed by atoms with Gasteiger partial charge in [-0.2, -0.15) is 8.78 Å². The van der Waals surface area contributed by atoms with E-state index in [1.165, 1.54) is 45.4 Å². The molecule has 3 aromatic rings. The van der Waals surface area contributed by atoms with Crippen LogP contribution in [-0.2, 0) is 4.74 Å². The number of ketones is 1. The number of esters is 1. The number of halogens is 2. The summed E-state index contributed by atoms with van der Waals surface area (Å²) >= 11 is 0. The number of ether oxygens (including phenoxy) is 4. The van der Waals surface area contributed by atoms with E-state index >= 15 is 0 Å². The van der Waals surface area contributed by atoms with Gasteiger partial charge in [-0.1, -0.05) is 0 Å². The fraction of sp³-hybridized carbons (Fsp3) is 0.280. The molecule has 180 valence electrons. The van der Waals surface area contributed by atoms with Gasteiger partial charge in [0.15, 0.2) is 6.10 Å². The summed E-state index contributed by atoms with van der Waals surface area (Å²) in [6.45, 7) is 2.16. The number of aromatic nitrogens is 1. The van der Waals surface area contributed by atoms with Crippen molar-refractivity contribution in [3.05, 3.63) is 71.0 Å². The molecule has 0 bridgehead atoms. The molecule has 0 aliphatic rings. The zero-order chi connectivity index (χ0) is 25.0. The third-order valence-electron chi connectivity index (χ3n) is 5.26. The second-order valence-corrected chi connectivity index (χ2v) is 7.51. The number of carbonyl (C=O) groups excluding carboxylic acids is 2. The molecule has 0 saturated heterocycles. The highest BCUT2D eigenvalue weighted by atomic mass is 19.3. The molecule has 0 radical (unpaired) electrons. The molecule has 0 aliphatic carbocycles. The van der Waals surface area contributed by atoms with Gasteiger partial charge in [0.1, 0.15) is 17.2 Å². The average Bonchev–Trinajstić information content (AvgIpc) is 3.11. The van der Waals surface area contributed by atoms with Crippen molar-refractivity contribution >= 4 is 11.8 Å². The van der Waals surface area contributed by atoms with Crippen molar-refractivity contribution in [1.29, 1.82) is 0 Å². The summed E-state index contributed by atoms with van der Waals surface area (Å²) in [6, 6.07) is 12.4. The standard InChI is InChI=1S/C25H25F2NO6/c1-14-10-22(15(2)28(14)18-6-8-19(9-7-18)34-25(26)27)23(29)16(3)33-24(30)17-11-20(31-4)13-21(12-17)32-5/h6-13,16,25H,1-5H3. The molecule has 1 aromatic heterocycles. The Kier molecular flexibility index (Phi) is 7.55. The molecular formula is C25H25F2NO6. The largest absolute Gasteiger partial charge is 0.497 e. The number of benzene rings is 2. The summed E-state index contributed by atoms with van der Waals surface area (Å²) < 4.78 is 46.7. The second kappa shape index (κ2) is 10.4. The average molecular weight is 473 g/mol. The van der Waals surface area contributed by atoms with Gasteiger partial charge in [0.05, 0.1) is 19.8 Å². The van der Waals surface area contributed by atoms with Crippen LogP contribution in [-0.4, -0.2) is 43.3 Å². The van der Waals surface area contributed by atoms with Crippen molar-refractivity contribution < 1.29 is 37.3 Å². The van der Waals surface area contributed by atoms with E-state index in [1.54, 1.807) is 35.8 Å². The topological polar surface area (TPSA) is 76.0 Å². The van der Waals surface area contributed by atoms with Gasteiger partial charge in [-0.15, -0.1) is 0 Å². The fourth-order valence-corrected chi connectivity index (χ4v) is 3.61. The molecule has 34 heavy (non-hydrogen) atoms. The van der Waals surface area contributed by atoms with Crippen LogP contribution in [0.5, 0.6) is 17.2 Å². The van der Waals surface area contributed by atoms with E-state index in [-0.39, 0.29) is 17.1 Å². The Labute approximate surface area is 195 Å². The van der Waals surface area contributed by atoms with Gasteiger partial charge in [0.25, 0.3) is 0 Å². The van der Waals surface area contributed by atoms with Crippen LogP contribution in [0, 0.1) is 13.8 Å². The summed E-state index contributed by atoms with van der Waals surface area (Å²) in [4.78, 5) is 25.8. The Balaban J connectivity index is 1.80. The SMILES string of the molecule is COc1cc(OC)cc(C(=O)OC(C)C(=O)c2cc(C)n(-c3ccc(OC(F)F)cc3)c2C)c1. The zero-order valence-corrected chi connectivity index (χ0v) is 19.4. The van der Waals surface area contributed by atoms with Crippen LogP contribution in [0.25, 0.3) is 5.69 Å². The van der Waals surface area contributed by atoms with Gasteiger partial charge in [-0.25, -0.2) is 4.79 Å². The van der Waals surface area contributed by atoms with Crippen molar-refractivity contribution in [2.45, 2.75) is 33.5 Å². The quantitative estimate of drug-likeness (QED) is 0.316. The summed E-state index contributed by atoms with van der Waals surface area (Å²) in [5.41, 5.74) is 2.61. The number of rotatable bonds is 9. The Hall–Kier alpha value is -3.88. The summed E-state index contributed by atoms with van der Waals surface area (Å²) in [6.07, 6.45) is -1.06. The number of Topliss-reactive ketones (excluding diaryl/α,β-unsaturated/α-hetero) is 1. The number of hydrogen-bond donors (Lipinski definition) is 0. The molecule has 0 saturated carbocycles. The summed E-state index contributed by atoms with van der Waals surface area (Å²) in [5, 5.41) is 0. The molecule has 0 aliphatic heterocycles. The van der Waals surface area contributed by atoms with E-state index in [9.17, 15) is 18.4 Å². The predicted octanol–water partition coefficient (Wildman–Crippen LogP) is 5.14. The number of methoxy groups -OCH3 is 2. The number of carbonyl (C=O) groups is 2. The van der Waals surface area contributed by atoms with E-state index in [0.29, 0.717) is 28.4 Å². The molecule has 3 rings (SSSR count). The third kappa shape index (κ3) is 5.36. The lowest BCUT2D eigenvalue weighted by Gasteiger charge is -2.14. The molecule has 0 N–H and O–H groups in total. The van der Waals surface area contributed by atoms with E-state index in [4.69, 9.17) is 14.2 Å². The Morgan fingerprint density at radius 1 is 0.882 bits per heavy atom. The fourth-order valence-electron chi connectivity index (χ4n) is 3.61. The molecule has 7 nitrogen and oxygen atoms in total. The van der Waals surface area contributed by atoms with Crippen molar-refractivity contribution in [3.63, 3.8) is 0 Å². The van der Waals surface area contributed by atoms with Gasteiger partial charge in [-0.05, 0) is 63.2 Å². The highest BCUT2D eigenvalue weighted by molar-refractivity contribution is 6.02. The van der Waals surface area contributed by atoms with Crippen LogP contribution in [0.2, 0.25) is 0 Å². The minimum absolute atomic E-state index is 0.0345. The number of hydrogen-bond acceptors (Lipinski definition) is 6. The normalized spacial score (nSPS) is 11.8. The minimum atomic E-state index is -2.91. The molecule has 1 unspecified atom stereocenters. The van der Waals surface area contributed by atoms with Crippen LogP contribution >= 0.6 is 0 Å². The van der Waals surface area contributed by atoms with Gasteiger partial charge in [0, 0.05) is 28.7 Å². The lowest BCUT2D eigenvalue weighted by atomic mass is 10.1. The van der Waals surface area contributed by atoms with Crippen LogP contribution in [0.1, 0.15) is 39.0 Å². The number of nitrogens with zero attached hydrogens (tertiary/aromatic N) is 1.